The minimum Gasteiger partial charge on any atom is -0.493 e. The highest BCUT2D eigenvalue weighted by Gasteiger charge is 2.46. The van der Waals surface area contributed by atoms with E-state index in [0.29, 0.717) is 29.5 Å². The number of hydrogen-bond acceptors (Lipinski definition) is 12. The Hall–Kier alpha value is -6.39. The molecule has 0 radical (unpaired) electrons. The van der Waals surface area contributed by atoms with Crippen LogP contribution in [0.1, 0.15) is 137 Å². The van der Waals surface area contributed by atoms with Gasteiger partial charge in [0.05, 0.1) is 17.7 Å². The number of nitrogens with one attached hydrogen (secondary N) is 3. The molecule has 1 aliphatic carbocycles. The molecule has 2 aromatic carbocycles. The average Bonchev–Trinajstić information content (AvgIpc) is 3.64. The first-order chi connectivity index (χ1) is 34.5. The Morgan fingerprint density at radius 1 is 0.859 bits per heavy atom. The molecule has 1 unspecified atom stereocenters. The molecule has 0 bridgehead atoms. The van der Waals surface area contributed by atoms with Crippen molar-refractivity contribution in [3.8, 4) is 16.9 Å². The summed E-state index contributed by atoms with van der Waals surface area (Å²) in [5.74, 6) is -1.05. The molecule has 5 amide bonds. The maximum atomic E-state index is 14.3. The van der Waals surface area contributed by atoms with Crippen LogP contribution in [-0.2, 0) is 33.7 Å². The number of piperidine rings is 1. The van der Waals surface area contributed by atoms with Gasteiger partial charge in [-0.2, -0.15) is 0 Å². The van der Waals surface area contributed by atoms with E-state index in [9.17, 15) is 28.8 Å². The fourth-order valence-corrected chi connectivity index (χ4v) is 11.3. The van der Waals surface area contributed by atoms with Crippen LogP contribution in [0.15, 0.2) is 53.5 Å². The Kier molecular flexibility index (Phi) is 15.6. The summed E-state index contributed by atoms with van der Waals surface area (Å²) >= 11 is 0. The summed E-state index contributed by atoms with van der Waals surface area (Å²) in [7, 11) is 0. The number of pyridine rings is 2. The second-order valence-electron chi connectivity index (χ2n) is 19.7. The largest absolute Gasteiger partial charge is 0.493 e. The lowest BCUT2D eigenvalue weighted by Gasteiger charge is -2.37. The van der Waals surface area contributed by atoms with E-state index in [4.69, 9.17) is 14.5 Å². The van der Waals surface area contributed by atoms with E-state index in [1.54, 1.807) is 18.2 Å². The fraction of sp³-hybridized carbons (Fsp3) is 0.509. The Bertz CT molecular complexity index is 2710. The number of unbranched alkanes of at least 4 members (excludes halogenated alkanes) is 4. The van der Waals surface area contributed by atoms with E-state index in [2.05, 4.69) is 55.4 Å². The van der Waals surface area contributed by atoms with E-state index >= 15 is 0 Å². The molecule has 71 heavy (non-hydrogen) atoms. The number of hydrogen-bond donors (Lipinski definition) is 3. The second-order valence-corrected chi connectivity index (χ2v) is 19.7. The Morgan fingerprint density at radius 2 is 1.62 bits per heavy atom. The molecule has 0 saturated carbocycles. The summed E-state index contributed by atoms with van der Waals surface area (Å²) < 4.78 is 11.7. The second kappa shape index (κ2) is 22.4. The minimum absolute atomic E-state index is 0.0711. The van der Waals surface area contributed by atoms with Crippen molar-refractivity contribution in [1.29, 1.82) is 0 Å². The molecular weight excluding hydrogens is 901 g/mol. The van der Waals surface area contributed by atoms with Crippen LogP contribution in [0.5, 0.6) is 5.75 Å². The highest BCUT2D eigenvalue weighted by Crippen LogP contribution is 2.36. The van der Waals surface area contributed by atoms with E-state index in [1.165, 1.54) is 5.56 Å². The number of amides is 5. The third-order valence-corrected chi connectivity index (χ3v) is 15.3. The number of carbonyl (C=O) groups excluding carboxylic acids is 5. The molecule has 16 nitrogen and oxygen atoms in total. The van der Waals surface area contributed by atoms with Crippen molar-refractivity contribution in [2.24, 2.45) is 0 Å². The smallest absolute Gasteiger partial charge is 0.266 e. The Morgan fingerprint density at radius 3 is 2.37 bits per heavy atom. The minimum atomic E-state index is -1.01. The van der Waals surface area contributed by atoms with Crippen LogP contribution in [0.3, 0.4) is 0 Å². The van der Waals surface area contributed by atoms with E-state index < -0.39 is 29.7 Å². The summed E-state index contributed by atoms with van der Waals surface area (Å²) in [5, 5.41) is 5.39. The van der Waals surface area contributed by atoms with Crippen LogP contribution in [0.25, 0.3) is 11.1 Å². The van der Waals surface area contributed by atoms with Crippen molar-refractivity contribution >= 4 is 41.0 Å². The maximum absolute atomic E-state index is 14.3. The molecule has 9 rings (SSSR count). The molecule has 16 heteroatoms. The predicted octanol–water partition coefficient (Wildman–Crippen LogP) is 6.42. The van der Waals surface area contributed by atoms with Crippen LogP contribution in [0.4, 0.5) is 11.5 Å². The van der Waals surface area contributed by atoms with Crippen LogP contribution in [0.2, 0.25) is 0 Å². The first-order valence-electron chi connectivity index (χ1n) is 25.9. The molecule has 2 aromatic heterocycles. The number of aryl methyl sites for hydroxylation is 1. The van der Waals surface area contributed by atoms with Gasteiger partial charge < -0.3 is 29.6 Å². The molecule has 1 atom stereocenters. The number of benzene rings is 2. The highest BCUT2D eigenvalue weighted by molar-refractivity contribution is 6.24. The van der Waals surface area contributed by atoms with Crippen LogP contribution >= 0.6 is 0 Å². The highest BCUT2D eigenvalue weighted by atomic mass is 16.5. The number of aromatic nitrogens is 2. The Balaban J connectivity index is 0.758. The van der Waals surface area contributed by atoms with Crippen molar-refractivity contribution in [3.05, 3.63) is 104 Å². The van der Waals surface area contributed by atoms with Crippen LogP contribution in [0, 0.1) is 13.8 Å². The van der Waals surface area contributed by atoms with Crippen LogP contribution in [-0.4, -0.2) is 120 Å². The van der Waals surface area contributed by atoms with Gasteiger partial charge in [0.1, 0.15) is 17.6 Å². The van der Waals surface area contributed by atoms with E-state index in [-0.39, 0.29) is 42.0 Å². The molecule has 0 spiro atoms. The fourth-order valence-electron chi connectivity index (χ4n) is 11.3. The monoisotopic (exact) mass is 969 g/mol. The lowest BCUT2D eigenvalue weighted by molar-refractivity contribution is -0.136. The van der Waals surface area contributed by atoms with E-state index in [1.807, 2.05) is 26.1 Å². The molecular formula is C55H68N8O8. The third kappa shape index (κ3) is 10.8. The van der Waals surface area contributed by atoms with Crippen molar-refractivity contribution in [2.45, 2.75) is 123 Å². The quantitative estimate of drug-likeness (QED) is 0.0735. The number of piperazine rings is 1. The number of ether oxygens (including phenoxy) is 2. The number of anilines is 2. The number of nitrogens with zero attached hydrogens (tertiary/aromatic N) is 5. The number of fused-ring (bicyclic) bond motifs is 2. The van der Waals surface area contributed by atoms with Gasteiger partial charge in [-0.3, -0.25) is 43.9 Å². The van der Waals surface area contributed by atoms with Crippen molar-refractivity contribution in [1.82, 2.24) is 30.4 Å². The average molecular weight is 969 g/mol. The zero-order chi connectivity index (χ0) is 49.6. The number of rotatable bonds is 18. The third-order valence-electron chi connectivity index (χ3n) is 15.3. The van der Waals surface area contributed by atoms with E-state index in [0.717, 1.165) is 167 Å². The lowest BCUT2D eigenvalue weighted by Crippen LogP contribution is -2.54. The summed E-state index contributed by atoms with van der Waals surface area (Å²) in [6.45, 7) is 13.7. The number of H-pyrrole nitrogens is 1. The maximum Gasteiger partial charge on any atom is 0.266 e. The van der Waals surface area contributed by atoms with Gasteiger partial charge >= 0.3 is 0 Å². The number of carbonyl (C=O) groups is 5. The van der Waals surface area contributed by atoms with Gasteiger partial charge in [-0.15, -0.1) is 0 Å². The van der Waals surface area contributed by atoms with Gasteiger partial charge in [0, 0.05) is 99.2 Å². The molecule has 3 saturated heterocycles. The Labute approximate surface area is 415 Å². The zero-order valence-corrected chi connectivity index (χ0v) is 41.5. The zero-order valence-electron chi connectivity index (χ0n) is 41.5. The lowest BCUT2D eigenvalue weighted by atomic mass is 9.88. The van der Waals surface area contributed by atoms with Gasteiger partial charge in [-0.1, -0.05) is 25.3 Å². The van der Waals surface area contributed by atoms with Gasteiger partial charge in [0.15, 0.2) is 0 Å². The number of aromatic amines is 1. The summed E-state index contributed by atoms with van der Waals surface area (Å²) in [4.78, 5) is 94.4. The van der Waals surface area contributed by atoms with Crippen molar-refractivity contribution in [2.75, 3.05) is 68.9 Å². The predicted molar refractivity (Wildman–Crippen MR) is 271 cm³/mol. The van der Waals surface area contributed by atoms with Crippen molar-refractivity contribution < 1.29 is 33.4 Å². The summed E-state index contributed by atoms with van der Waals surface area (Å²) in [6, 6.07) is 12.6. The van der Waals surface area contributed by atoms with Gasteiger partial charge in [0.2, 0.25) is 11.8 Å². The normalized spacial score (nSPS) is 18.6. The summed E-state index contributed by atoms with van der Waals surface area (Å²) in [5.41, 5.74) is 8.62. The molecule has 6 heterocycles. The first kappa shape index (κ1) is 49.6. The topological polar surface area (TPSA) is 187 Å². The standard InChI is InChI=1S/C55H68N8O8/c1-4-62(39-21-29-70-30-22-39)46-32-38(31-43(35(46)2)51(65)57-34-44-41-14-9-8-13-40(41)36(3)58-52(44)66)37-17-19-48(56-33-37)61-26-24-60(25-27-61)23-10-6-5-7-11-28-71-47-16-12-15-42-50(47)55(69)63(54(42)68)45-18-20-49(64)59-53(45)67/h12,15-17,19,31-33,39,45H,4-11,13-14,18,20-30,34H2,1-3H3,(H,57,65)(H,58,66)(H,59,64,67). The first-order valence-corrected chi connectivity index (χ1v) is 25.9. The molecule has 3 N–H and O–H groups in total. The SMILES string of the molecule is CCN(c1cc(-c2ccc(N3CCN(CCCCCCCOc4cccc5c4C(=O)N(C4CCC(=O)NC4=O)C5=O)CC3)nc2)cc(C(=O)NCc2c3c(c(C)[nH]c2=O)CCCC3)c1C)C1CCOCC1. The summed E-state index contributed by atoms with van der Waals surface area (Å²) in [6.07, 6.45) is 13.0. The molecule has 3 fully saturated rings. The van der Waals surface area contributed by atoms with Crippen molar-refractivity contribution in [3.63, 3.8) is 0 Å². The van der Waals surface area contributed by atoms with Crippen LogP contribution < -0.4 is 30.7 Å². The van der Waals surface area contributed by atoms with Gasteiger partial charge in [-0.25, -0.2) is 4.98 Å². The number of imide groups is 2. The van der Waals surface area contributed by atoms with Gasteiger partial charge in [0.25, 0.3) is 23.3 Å². The molecule has 4 aliphatic heterocycles. The molecule has 376 valence electrons. The molecule has 5 aliphatic rings. The molecule has 4 aromatic rings. The van der Waals surface area contributed by atoms with Gasteiger partial charge in [-0.05, 0) is 144 Å².